The summed E-state index contributed by atoms with van der Waals surface area (Å²) in [5.74, 6) is 2.22. The van der Waals surface area contributed by atoms with Crippen LogP contribution in [0.3, 0.4) is 0 Å². The van der Waals surface area contributed by atoms with Gasteiger partial charge in [0.1, 0.15) is 0 Å². The van der Waals surface area contributed by atoms with Crippen molar-refractivity contribution in [3.8, 4) is 22.9 Å². The molecule has 0 saturated heterocycles. The van der Waals surface area contributed by atoms with Crippen LogP contribution in [0.4, 0.5) is 5.69 Å². The lowest BCUT2D eigenvalue weighted by Crippen LogP contribution is -2.14. The van der Waals surface area contributed by atoms with Crippen molar-refractivity contribution in [2.45, 2.75) is 25.0 Å². The number of pyridine rings is 1. The first kappa shape index (κ1) is 19.3. The Hall–Kier alpha value is -3.07. The van der Waals surface area contributed by atoms with Gasteiger partial charge in [-0.05, 0) is 31.2 Å². The second-order valence-corrected chi connectivity index (χ2v) is 7.28. The summed E-state index contributed by atoms with van der Waals surface area (Å²) in [6.07, 6.45) is 4.28. The average Bonchev–Trinajstić information content (AvgIpc) is 3.02. The normalized spacial score (nSPS) is 13.0. The molecule has 1 amide bonds. The van der Waals surface area contributed by atoms with E-state index in [1.54, 1.807) is 18.5 Å². The number of fused-ring (bicyclic) bond motifs is 1. The maximum Gasteiger partial charge on any atom is 0.234 e. The molecule has 1 aromatic carbocycles. The Bertz CT molecular complexity index is 993. The fourth-order valence-corrected chi connectivity index (χ4v) is 3.77. The van der Waals surface area contributed by atoms with E-state index in [4.69, 9.17) is 9.47 Å². The van der Waals surface area contributed by atoms with Crippen LogP contribution in [-0.2, 0) is 11.3 Å². The number of amides is 1. The van der Waals surface area contributed by atoms with E-state index in [1.807, 2.05) is 35.8 Å². The van der Waals surface area contributed by atoms with Crippen LogP contribution in [0, 0.1) is 0 Å². The molecule has 9 heteroatoms. The van der Waals surface area contributed by atoms with Gasteiger partial charge in [0.05, 0.1) is 19.0 Å². The number of carbonyl (C=O) groups excluding carboxylic acids is 1. The number of hydrogen-bond donors (Lipinski definition) is 1. The first-order valence-electron chi connectivity index (χ1n) is 9.40. The molecule has 0 aliphatic carbocycles. The molecule has 0 fully saturated rings. The highest BCUT2D eigenvalue weighted by molar-refractivity contribution is 7.99. The van der Waals surface area contributed by atoms with Gasteiger partial charge < -0.3 is 19.4 Å². The lowest BCUT2D eigenvalue weighted by atomic mass is 10.2. The molecule has 0 atom stereocenters. The molecule has 4 rings (SSSR count). The molecule has 0 spiro atoms. The highest BCUT2D eigenvalue weighted by atomic mass is 32.2. The predicted octanol–water partition coefficient (Wildman–Crippen LogP) is 3.25. The molecule has 0 bridgehead atoms. The minimum Gasteiger partial charge on any atom is -0.490 e. The van der Waals surface area contributed by atoms with Gasteiger partial charge in [-0.1, -0.05) is 11.8 Å². The second kappa shape index (κ2) is 8.95. The third kappa shape index (κ3) is 4.51. The SMILES string of the molecule is CCn1c(SCC(=O)Nc2ccc3c(c2)OCCCO3)nnc1-c1ccncc1. The molecule has 2 aromatic heterocycles. The lowest BCUT2D eigenvalue weighted by Gasteiger charge is -2.10. The summed E-state index contributed by atoms with van der Waals surface area (Å²) in [7, 11) is 0. The maximum absolute atomic E-state index is 12.4. The van der Waals surface area contributed by atoms with Crippen LogP contribution in [0.1, 0.15) is 13.3 Å². The minimum absolute atomic E-state index is 0.124. The Kier molecular flexibility index (Phi) is 5.95. The first-order valence-corrected chi connectivity index (χ1v) is 10.4. The third-order valence-electron chi connectivity index (χ3n) is 4.34. The van der Waals surface area contributed by atoms with Crippen molar-refractivity contribution in [1.82, 2.24) is 19.7 Å². The van der Waals surface area contributed by atoms with E-state index >= 15 is 0 Å². The Balaban J connectivity index is 1.40. The number of nitrogens with zero attached hydrogens (tertiary/aromatic N) is 4. The van der Waals surface area contributed by atoms with Gasteiger partial charge in [-0.3, -0.25) is 9.78 Å². The van der Waals surface area contributed by atoms with Crippen LogP contribution in [0.2, 0.25) is 0 Å². The number of hydrogen-bond acceptors (Lipinski definition) is 7. The van der Waals surface area contributed by atoms with E-state index in [-0.39, 0.29) is 11.7 Å². The van der Waals surface area contributed by atoms with Gasteiger partial charge in [0.2, 0.25) is 5.91 Å². The van der Waals surface area contributed by atoms with Gasteiger partial charge in [0.25, 0.3) is 0 Å². The monoisotopic (exact) mass is 411 g/mol. The molecule has 1 aliphatic heterocycles. The van der Waals surface area contributed by atoms with E-state index in [0.29, 0.717) is 42.1 Å². The fourth-order valence-electron chi connectivity index (χ4n) is 2.96. The van der Waals surface area contributed by atoms with Gasteiger partial charge in [-0.15, -0.1) is 10.2 Å². The number of thioether (sulfide) groups is 1. The molecule has 1 aliphatic rings. The summed E-state index contributed by atoms with van der Waals surface area (Å²) < 4.78 is 13.3. The van der Waals surface area contributed by atoms with E-state index in [9.17, 15) is 4.79 Å². The van der Waals surface area contributed by atoms with Crippen LogP contribution in [0.15, 0.2) is 47.9 Å². The second-order valence-electron chi connectivity index (χ2n) is 6.34. The van der Waals surface area contributed by atoms with Gasteiger partial charge >= 0.3 is 0 Å². The molecular formula is C20H21N5O3S. The smallest absolute Gasteiger partial charge is 0.234 e. The zero-order valence-electron chi connectivity index (χ0n) is 16.0. The van der Waals surface area contributed by atoms with Crippen molar-refractivity contribution in [2.75, 3.05) is 24.3 Å². The summed E-state index contributed by atoms with van der Waals surface area (Å²) in [6.45, 7) is 3.97. The summed E-state index contributed by atoms with van der Waals surface area (Å²) in [6, 6.07) is 9.20. The molecule has 1 N–H and O–H groups in total. The quantitative estimate of drug-likeness (QED) is 0.623. The van der Waals surface area contributed by atoms with Crippen LogP contribution >= 0.6 is 11.8 Å². The van der Waals surface area contributed by atoms with Crippen molar-refractivity contribution in [3.63, 3.8) is 0 Å². The highest BCUT2D eigenvalue weighted by Crippen LogP contribution is 2.32. The Morgan fingerprint density at radius 1 is 1.14 bits per heavy atom. The maximum atomic E-state index is 12.4. The van der Waals surface area contributed by atoms with Crippen molar-refractivity contribution in [3.05, 3.63) is 42.7 Å². The Morgan fingerprint density at radius 3 is 2.72 bits per heavy atom. The fraction of sp³-hybridized carbons (Fsp3) is 0.300. The van der Waals surface area contributed by atoms with Crippen molar-refractivity contribution in [2.24, 2.45) is 0 Å². The van der Waals surface area contributed by atoms with Crippen molar-refractivity contribution < 1.29 is 14.3 Å². The zero-order chi connectivity index (χ0) is 20.1. The van der Waals surface area contributed by atoms with Gasteiger partial charge in [0.15, 0.2) is 22.5 Å². The van der Waals surface area contributed by atoms with Crippen LogP contribution in [-0.4, -0.2) is 44.6 Å². The molecule has 3 heterocycles. The van der Waals surface area contributed by atoms with Crippen molar-refractivity contribution in [1.29, 1.82) is 0 Å². The number of rotatable bonds is 6. The number of nitrogens with one attached hydrogen (secondary N) is 1. The van der Waals surface area contributed by atoms with Gasteiger partial charge in [-0.2, -0.15) is 0 Å². The largest absolute Gasteiger partial charge is 0.490 e. The Labute approximate surface area is 172 Å². The topological polar surface area (TPSA) is 91.2 Å². The third-order valence-corrected chi connectivity index (χ3v) is 5.30. The molecule has 0 radical (unpaired) electrons. The molecule has 29 heavy (non-hydrogen) atoms. The van der Waals surface area contributed by atoms with Crippen LogP contribution in [0.5, 0.6) is 11.5 Å². The molecule has 8 nitrogen and oxygen atoms in total. The number of carbonyl (C=O) groups is 1. The standard InChI is InChI=1S/C20H21N5O3S/c1-2-25-19(14-6-8-21-9-7-14)23-24-20(25)29-13-18(26)22-15-4-5-16-17(12-15)28-11-3-10-27-16/h4-9,12H,2-3,10-11,13H2,1H3,(H,22,26). The summed E-state index contributed by atoms with van der Waals surface area (Å²) in [5, 5.41) is 12.1. The van der Waals surface area contributed by atoms with E-state index in [1.165, 1.54) is 11.8 Å². The first-order chi connectivity index (χ1) is 14.2. The summed E-state index contributed by atoms with van der Waals surface area (Å²) in [5.41, 5.74) is 1.62. The Morgan fingerprint density at radius 2 is 1.93 bits per heavy atom. The molecular weight excluding hydrogens is 390 g/mol. The highest BCUT2D eigenvalue weighted by Gasteiger charge is 2.16. The number of ether oxygens (including phenoxy) is 2. The zero-order valence-corrected chi connectivity index (χ0v) is 16.8. The number of anilines is 1. The lowest BCUT2D eigenvalue weighted by molar-refractivity contribution is -0.113. The van der Waals surface area contributed by atoms with E-state index in [0.717, 1.165) is 17.8 Å². The molecule has 150 valence electrons. The van der Waals surface area contributed by atoms with Crippen LogP contribution < -0.4 is 14.8 Å². The summed E-state index contributed by atoms with van der Waals surface area (Å²) in [4.78, 5) is 16.5. The van der Waals surface area contributed by atoms with Crippen LogP contribution in [0.25, 0.3) is 11.4 Å². The van der Waals surface area contributed by atoms with Gasteiger partial charge in [-0.25, -0.2) is 0 Å². The summed E-state index contributed by atoms with van der Waals surface area (Å²) >= 11 is 1.35. The molecule has 0 saturated carbocycles. The number of benzene rings is 1. The predicted molar refractivity (Wildman–Crippen MR) is 110 cm³/mol. The van der Waals surface area contributed by atoms with E-state index in [2.05, 4.69) is 20.5 Å². The van der Waals surface area contributed by atoms with Gasteiger partial charge in [0, 0.05) is 42.7 Å². The minimum atomic E-state index is -0.124. The average molecular weight is 411 g/mol. The van der Waals surface area contributed by atoms with E-state index < -0.39 is 0 Å². The molecule has 3 aromatic rings. The molecule has 0 unspecified atom stereocenters. The van der Waals surface area contributed by atoms with Crippen molar-refractivity contribution >= 4 is 23.4 Å². The number of aromatic nitrogens is 4.